The van der Waals surface area contributed by atoms with Gasteiger partial charge in [0.15, 0.2) is 0 Å². The van der Waals surface area contributed by atoms with Gasteiger partial charge in [-0.2, -0.15) is 0 Å². The Morgan fingerprint density at radius 1 is 1.24 bits per heavy atom. The van der Waals surface area contributed by atoms with Gasteiger partial charge in [0.1, 0.15) is 0 Å². The van der Waals surface area contributed by atoms with Crippen molar-refractivity contribution in [3.8, 4) is 0 Å². The zero-order valence-electron chi connectivity index (χ0n) is 10.0. The topological polar surface area (TPSA) is 63.4 Å². The molecule has 2 rings (SSSR count). The number of rotatable bonds is 2. The number of nitrogens with zero attached hydrogens (tertiary/aromatic N) is 1. The minimum Gasteiger partial charge on any atom is -0.319 e. The summed E-state index contributed by atoms with van der Waals surface area (Å²) in [6, 6.07) is 6.77. The molecule has 2 amide bonds. The van der Waals surface area contributed by atoms with Crippen LogP contribution in [0, 0.1) is 0 Å². The van der Waals surface area contributed by atoms with E-state index in [1.54, 1.807) is 12.1 Å². The van der Waals surface area contributed by atoms with Crippen molar-refractivity contribution in [2.24, 2.45) is 5.73 Å². The van der Waals surface area contributed by atoms with Gasteiger partial charge in [-0.15, -0.1) is 0 Å². The van der Waals surface area contributed by atoms with Gasteiger partial charge in [0.2, 0.25) is 5.91 Å². The van der Waals surface area contributed by atoms with Gasteiger partial charge in [-0.05, 0) is 23.6 Å². The molecule has 1 aliphatic heterocycles. The highest BCUT2D eigenvalue weighted by Gasteiger charge is 2.37. The van der Waals surface area contributed by atoms with E-state index in [1.807, 2.05) is 12.1 Å². The average molecular weight is 232 g/mol. The maximum absolute atomic E-state index is 11.7. The van der Waals surface area contributed by atoms with Crippen LogP contribution in [0.4, 0.5) is 5.69 Å². The van der Waals surface area contributed by atoms with Crippen LogP contribution >= 0.6 is 0 Å². The lowest BCUT2D eigenvalue weighted by molar-refractivity contribution is -0.121. The lowest BCUT2D eigenvalue weighted by Crippen LogP contribution is -2.35. The Labute approximate surface area is 100 Å². The molecule has 4 nitrogen and oxygen atoms in total. The molecule has 0 bridgehead atoms. The number of amides is 2. The zero-order valence-corrected chi connectivity index (χ0v) is 10.0. The Kier molecular flexibility index (Phi) is 2.98. The molecule has 17 heavy (non-hydrogen) atoms. The number of carbonyl (C=O) groups excluding carboxylic acids is 2. The van der Waals surface area contributed by atoms with E-state index in [0.717, 1.165) is 0 Å². The lowest BCUT2D eigenvalue weighted by Gasteiger charge is -2.15. The monoisotopic (exact) mass is 232 g/mol. The molecule has 4 heteroatoms. The summed E-state index contributed by atoms with van der Waals surface area (Å²) in [5, 5.41) is 0. The average Bonchev–Trinajstić information content (AvgIpc) is 2.53. The number of nitrogens with two attached hydrogens (primary N) is 1. The summed E-state index contributed by atoms with van der Waals surface area (Å²) in [5.41, 5.74) is 7.35. The van der Waals surface area contributed by atoms with E-state index < -0.39 is 6.04 Å². The third-order valence-corrected chi connectivity index (χ3v) is 3.00. The van der Waals surface area contributed by atoms with Gasteiger partial charge in [0.25, 0.3) is 5.91 Å². The number of imide groups is 1. The van der Waals surface area contributed by atoms with E-state index in [-0.39, 0.29) is 18.2 Å². The summed E-state index contributed by atoms with van der Waals surface area (Å²) in [6.45, 7) is 4.19. The van der Waals surface area contributed by atoms with E-state index in [2.05, 4.69) is 13.8 Å². The Morgan fingerprint density at radius 3 is 2.24 bits per heavy atom. The fourth-order valence-corrected chi connectivity index (χ4v) is 1.93. The largest absolute Gasteiger partial charge is 0.319 e. The van der Waals surface area contributed by atoms with Crippen LogP contribution in [-0.2, 0) is 9.59 Å². The fraction of sp³-hybridized carbons (Fsp3) is 0.385. The quantitative estimate of drug-likeness (QED) is 0.784. The maximum atomic E-state index is 11.7. The van der Waals surface area contributed by atoms with Gasteiger partial charge in [-0.3, -0.25) is 9.59 Å². The first-order chi connectivity index (χ1) is 8.00. The van der Waals surface area contributed by atoms with Crippen LogP contribution in [0.15, 0.2) is 24.3 Å². The van der Waals surface area contributed by atoms with Crippen LogP contribution in [0.5, 0.6) is 0 Å². The molecule has 0 saturated carbocycles. The molecule has 1 aromatic rings. The van der Waals surface area contributed by atoms with Crippen molar-refractivity contribution in [2.75, 3.05) is 4.90 Å². The molecule has 1 aliphatic rings. The van der Waals surface area contributed by atoms with Crippen molar-refractivity contribution in [1.82, 2.24) is 0 Å². The molecule has 1 saturated heterocycles. The van der Waals surface area contributed by atoms with Crippen molar-refractivity contribution in [3.63, 3.8) is 0 Å². The number of hydrogen-bond acceptors (Lipinski definition) is 3. The summed E-state index contributed by atoms with van der Waals surface area (Å²) in [5.74, 6) is -0.108. The lowest BCUT2D eigenvalue weighted by atomic mass is 10.0. The Bertz CT molecular complexity index is 451. The third kappa shape index (κ3) is 2.08. The van der Waals surface area contributed by atoms with E-state index in [0.29, 0.717) is 11.6 Å². The van der Waals surface area contributed by atoms with Crippen LogP contribution in [0.3, 0.4) is 0 Å². The molecule has 1 atom stereocenters. The van der Waals surface area contributed by atoms with Crippen LogP contribution in [0.2, 0.25) is 0 Å². The van der Waals surface area contributed by atoms with E-state index >= 15 is 0 Å². The molecule has 1 unspecified atom stereocenters. The zero-order chi connectivity index (χ0) is 12.6. The summed E-state index contributed by atoms with van der Waals surface area (Å²) >= 11 is 0. The van der Waals surface area contributed by atoms with Gasteiger partial charge in [0, 0.05) is 0 Å². The van der Waals surface area contributed by atoms with Crippen molar-refractivity contribution >= 4 is 17.5 Å². The first-order valence-corrected chi connectivity index (χ1v) is 5.73. The van der Waals surface area contributed by atoms with Gasteiger partial charge < -0.3 is 5.73 Å². The molecular weight excluding hydrogens is 216 g/mol. The van der Waals surface area contributed by atoms with E-state index in [9.17, 15) is 9.59 Å². The standard InChI is InChI=1S/C13H16N2O2/c1-8(2)9-3-5-10(6-4-9)15-12(16)7-11(14)13(15)17/h3-6,8,11H,7,14H2,1-2H3. The summed E-state index contributed by atoms with van der Waals surface area (Å²) in [7, 11) is 0. The highest BCUT2D eigenvalue weighted by molar-refractivity contribution is 6.22. The normalized spacial score (nSPS) is 20.5. The smallest absolute Gasteiger partial charge is 0.251 e. The predicted octanol–water partition coefficient (Wildman–Crippen LogP) is 1.40. The van der Waals surface area contributed by atoms with Gasteiger partial charge >= 0.3 is 0 Å². The summed E-state index contributed by atoms with van der Waals surface area (Å²) in [4.78, 5) is 24.5. The van der Waals surface area contributed by atoms with Crippen molar-refractivity contribution < 1.29 is 9.59 Å². The number of hydrogen-bond donors (Lipinski definition) is 1. The van der Waals surface area contributed by atoms with Crippen LogP contribution in [0.1, 0.15) is 31.7 Å². The van der Waals surface area contributed by atoms with Gasteiger partial charge in [0.05, 0.1) is 18.2 Å². The molecule has 1 aromatic carbocycles. The van der Waals surface area contributed by atoms with Crippen molar-refractivity contribution in [2.45, 2.75) is 32.2 Å². The molecular formula is C13H16N2O2. The molecule has 2 N–H and O–H groups in total. The number of anilines is 1. The third-order valence-electron chi connectivity index (χ3n) is 3.00. The van der Waals surface area contributed by atoms with Crippen molar-refractivity contribution in [1.29, 1.82) is 0 Å². The molecule has 90 valence electrons. The molecule has 0 aromatic heterocycles. The second-order valence-corrected chi connectivity index (χ2v) is 4.62. The Balaban J connectivity index is 2.29. The highest BCUT2D eigenvalue weighted by Crippen LogP contribution is 2.24. The first kappa shape index (κ1) is 11.8. The summed E-state index contributed by atoms with van der Waals surface area (Å²) in [6.07, 6.45) is 0.102. The first-order valence-electron chi connectivity index (χ1n) is 5.73. The predicted molar refractivity (Wildman–Crippen MR) is 65.6 cm³/mol. The number of carbonyl (C=O) groups is 2. The molecule has 1 fully saturated rings. The van der Waals surface area contributed by atoms with E-state index in [4.69, 9.17) is 5.73 Å². The minimum atomic E-state index is -0.688. The molecule has 0 spiro atoms. The Morgan fingerprint density at radius 2 is 1.82 bits per heavy atom. The molecule has 1 heterocycles. The number of benzene rings is 1. The van der Waals surface area contributed by atoms with Gasteiger partial charge in [-0.1, -0.05) is 26.0 Å². The fourth-order valence-electron chi connectivity index (χ4n) is 1.93. The van der Waals surface area contributed by atoms with Crippen LogP contribution in [-0.4, -0.2) is 17.9 Å². The Hall–Kier alpha value is -1.68. The second kappa shape index (κ2) is 4.30. The van der Waals surface area contributed by atoms with Crippen LogP contribution in [0.25, 0.3) is 0 Å². The van der Waals surface area contributed by atoms with Gasteiger partial charge in [-0.25, -0.2) is 4.90 Å². The van der Waals surface area contributed by atoms with Crippen molar-refractivity contribution in [3.05, 3.63) is 29.8 Å². The summed E-state index contributed by atoms with van der Waals surface area (Å²) < 4.78 is 0. The minimum absolute atomic E-state index is 0.102. The maximum Gasteiger partial charge on any atom is 0.251 e. The highest BCUT2D eigenvalue weighted by atomic mass is 16.2. The molecule has 0 radical (unpaired) electrons. The SMILES string of the molecule is CC(C)c1ccc(N2C(=O)CC(N)C2=O)cc1. The van der Waals surface area contributed by atoms with E-state index in [1.165, 1.54) is 10.5 Å². The van der Waals surface area contributed by atoms with Crippen LogP contribution < -0.4 is 10.6 Å². The second-order valence-electron chi connectivity index (χ2n) is 4.62. The molecule has 0 aliphatic carbocycles.